The van der Waals surface area contributed by atoms with Crippen molar-refractivity contribution in [1.29, 1.82) is 0 Å². The maximum Gasteiger partial charge on any atom is 0.124 e. The molecule has 1 aliphatic rings. The molecule has 0 saturated carbocycles. The number of nitrogens with one attached hydrogen (secondary N) is 1. The third-order valence-electron chi connectivity index (χ3n) is 4.30. The fraction of sp³-hybridized carbons (Fsp3) is 0.647. The summed E-state index contributed by atoms with van der Waals surface area (Å²) < 4.78 is 14.4. The highest BCUT2D eigenvalue weighted by molar-refractivity contribution is 9.10. The fourth-order valence-electron chi connectivity index (χ4n) is 3.08. The van der Waals surface area contributed by atoms with Crippen molar-refractivity contribution in [2.24, 2.45) is 5.92 Å². The van der Waals surface area contributed by atoms with Crippen LogP contribution in [0.15, 0.2) is 22.7 Å². The van der Waals surface area contributed by atoms with E-state index in [-0.39, 0.29) is 5.82 Å². The van der Waals surface area contributed by atoms with E-state index in [0.29, 0.717) is 18.0 Å². The van der Waals surface area contributed by atoms with E-state index in [1.807, 2.05) is 6.07 Å². The first kappa shape index (κ1) is 16.9. The zero-order chi connectivity index (χ0) is 15.4. The van der Waals surface area contributed by atoms with E-state index in [1.54, 1.807) is 6.07 Å². The van der Waals surface area contributed by atoms with E-state index in [4.69, 9.17) is 0 Å². The molecule has 1 saturated heterocycles. The van der Waals surface area contributed by atoms with E-state index >= 15 is 0 Å². The molecule has 0 radical (unpaired) electrons. The predicted octanol–water partition coefficient (Wildman–Crippen LogP) is 4.19. The lowest BCUT2D eigenvalue weighted by atomic mass is 9.97. The molecular formula is C17H26BrFN2. The molecule has 0 aliphatic carbocycles. The molecule has 1 heterocycles. The summed E-state index contributed by atoms with van der Waals surface area (Å²) in [7, 11) is 0. The van der Waals surface area contributed by atoms with Gasteiger partial charge in [0.2, 0.25) is 0 Å². The van der Waals surface area contributed by atoms with Gasteiger partial charge in [0.15, 0.2) is 0 Å². The maximum atomic E-state index is 13.6. The molecule has 2 unspecified atom stereocenters. The quantitative estimate of drug-likeness (QED) is 0.850. The van der Waals surface area contributed by atoms with E-state index in [2.05, 4.69) is 46.9 Å². The standard InChI is InChI=1S/C17H26BrFN2/c1-4-5-16-9-20-17(12(2)3)11-21(16)10-13-6-14(18)8-15(19)7-13/h6-8,12,16-17,20H,4-5,9-11H2,1-3H3. The number of halogens is 2. The van der Waals surface area contributed by atoms with Crippen molar-refractivity contribution in [1.82, 2.24) is 10.2 Å². The van der Waals surface area contributed by atoms with Gasteiger partial charge in [-0.25, -0.2) is 4.39 Å². The molecule has 0 amide bonds. The SMILES string of the molecule is CCCC1CNC(C(C)C)CN1Cc1cc(F)cc(Br)c1. The van der Waals surface area contributed by atoms with Gasteiger partial charge in [-0.1, -0.05) is 43.1 Å². The van der Waals surface area contributed by atoms with Crippen molar-refractivity contribution >= 4 is 15.9 Å². The summed E-state index contributed by atoms with van der Waals surface area (Å²) in [6, 6.07) is 6.27. The lowest BCUT2D eigenvalue weighted by Crippen LogP contribution is -2.57. The molecule has 1 aromatic rings. The summed E-state index contributed by atoms with van der Waals surface area (Å²) in [5.74, 6) is 0.455. The fourth-order valence-corrected chi connectivity index (χ4v) is 3.59. The van der Waals surface area contributed by atoms with Crippen molar-refractivity contribution in [3.63, 3.8) is 0 Å². The Balaban J connectivity index is 2.11. The normalized spacial score (nSPS) is 23.7. The van der Waals surface area contributed by atoms with Crippen LogP contribution in [0.4, 0.5) is 4.39 Å². The summed E-state index contributed by atoms with van der Waals surface area (Å²) in [6.45, 7) is 9.64. The largest absolute Gasteiger partial charge is 0.311 e. The van der Waals surface area contributed by atoms with Crippen LogP contribution in [-0.2, 0) is 6.54 Å². The second kappa shape index (κ2) is 7.70. The topological polar surface area (TPSA) is 15.3 Å². The van der Waals surface area contributed by atoms with Crippen molar-refractivity contribution in [2.75, 3.05) is 13.1 Å². The Labute approximate surface area is 136 Å². The Morgan fingerprint density at radius 3 is 2.76 bits per heavy atom. The van der Waals surface area contributed by atoms with Gasteiger partial charge < -0.3 is 5.32 Å². The zero-order valence-electron chi connectivity index (χ0n) is 13.2. The lowest BCUT2D eigenvalue weighted by Gasteiger charge is -2.42. The Morgan fingerprint density at radius 1 is 1.38 bits per heavy atom. The second-order valence-electron chi connectivity index (χ2n) is 6.41. The summed E-state index contributed by atoms with van der Waals surface area (Å²) in [5, 5.41) is 3.67. The molecule has 1 aromatic carbocycles. The van der Waals surface area contributed by atoms with Crippen LogP contribution < -0.4 is 5.32 Å². The number of rotatable bonds is 5. The van der Waals surface area contributed by atoms with Gasteiger partial charge in [0.05, 0.1) is 0 Å². The first-order chi connectivity index (χ1) is 9.99. The van der Waals surface area contributed by atoms with Crippen LogP contribution in [0.1, 0.15) is 39.2 Å². The second-order valence-corrected chi connectivity index (χ2v) is 7.32. The van der Waals surface area contributed by atoms with Crippen molar-refractivity contribution < 1.29 is 4.39 Å². The highest BCUT2D eigenvalue weighted by Gasteiger charge is 2.28. The minimum atomic E-state index is -0.165. The van der Waals surface area contributed by atoms with Gasteiger partial charge in [0.25, 0.3) is 0 Å². The van der Waals surface area contributed by atoms with Crippen LogP contribution in [0.25, 0.3) is 0 Å². The third kappa shape index (κ3) is 4.76. The summed E-state index contributed by atoms with van der Waals surface area (Å²) in [5.41, 5.74) is 1.05. The van der Waals surface area contributed by atoms with Crippen LogP contribution in [0.3, 0.4) is 0 Å². The lowest BCUT2D eigenvalue weighted by molar-refractivity contribution is 0.0996. The van der Waals surface area contributed by atoms with Gasteiger partial charge in [-0.15, -0.1) is 0 Å². The molecule has 2 rings (SSSR count). The first-order valence-corrected chi connectivity index (χ1v) is 8.71. The van der Waals surface area contributed by atoms with Crippen molar-refractivity contribution in [3.8, 4) is 0 Å². The molecule has 21 heavy (non-hydrogen) atoms. The maximum absolute atomic E-state index is 13.6. The molecular weight excluding hydrogens is 331 g/mol. The summed E-state index contributed by atoms with van der Waals surface area (Å²) in [6.07, 6.45) is 2.37. The molecule has 2 atom stereocenters. The van der Waals surface area contributed by atoms with Crippen LogP contribution in [-0.4, -0.2) is 30.1 Å². The van der Waals surface area contributed by atoms with Gasteiger partial charge in [-0.05, 0) is 36.1 Å². The average Bonchev–Trinajstić information content (AvgIpc) is 2.39. The molecule has 0 bridgehead atoms. The monoisotopic (exact) mass is 356 g/mol. The van der Waals surface area contributed by atoms with Crippen molar-refractivity contribution in [3.05, 3.63) is 34.1 Å². The molecule has 2 nitrogen and oxygen atoms in total. The predicted molar refractivity (Wildman–Crippen MR) is 89.8 cm³/mol. The molecule has 118 valence electrons. The van der Waals surface area contributed by atoms with Gasteiger partial charge in [-0.3, -0.25) is 4.90 Å². The van der Waals surface area contributed by atoms with Gasteiger partial charge >= 0.3 is 0 Å². The number of nitrogens with zero attached hydrogens (tertiary/aromatic N) is 1. The Hall–Kier alpha value is -0.450. The summed E-state index contributed by atoms with van der Waals surface area (Å²) >= 11 is 3.39. The van der Waals surface area contributed by atoms with E-state index in [0.717, 1.165) is 29.7 Å². The third-order valence-corrected chi connectivity index (χ3v) is 4.76. The minimum absolute atomic E-state index is 0.165. The van der Waals surface area contributed by atoms with E-state index in [9.17, 15) is 4.39 Å². The van der Waals surface area contributed by atoms with Crippen molar-refractivity contribution in [2.45, 2.75) is 52.2 Å². The van der Waals surface area contributed by atoms with Gasteiger partial charge in [0, 0.05) is 36.2 Å². The minimum Gasteiger partial charge on any atom is -0.311 e. The van der Waals surface area contributed by atoms with E-state index < -0.39 is 0 Å². The molecule has 0 spiro atoms. The van der Waals surface area contributed by atoms with Crippen LogP contribution in [0, 0.1) is 11.7 Å². The van der Waals surface area contributed by atoms with Gasteiger partial charge in [0.1, 0.15) is 5.82 Å². The number of piperazine rings is 1. The first-order valence-electron chi connectivity index (χ1n) is 7.92. The van der Waals surface area contributed by atoms with E-state index in [1.165, 1.54) is 18.9 Å². The van der Waals surface area contributed by atoms with Crippen LogP contribution >= 0.6 is 15.9 Å². The Kier molecular flexibility index (Phi) is 6.20. The number of benzene rings is 1. The molecule has 0 aromatic heterocycles. The smallest absolute Gasteiger partial charge is 0.124 e. The number of hydrogen-bond acceptors (Lipinski definition) is 2. The average molecular weight is 357 g/mol. The van der Waals surface area contributed by atoms with Crippen LogP contribution in [0.2, 0.25) is 0 Å². The van der Waals surface area contributed by atoms with Crippen LogP contribution in [0.5, 0.6) is 0 Å². The van der Waals surface area contributed by atoms with Gasteiger partial charge in [-0.2, -0.15) is 0 Å². The number of hydrogen-bond donors (Lipinski definition) is 1. The highest BCUT2D eigenvalue weighted by Crippen LogP contribution is 2.21. The highest BCUT2D eigenvalue weighted by atomic mass is 79.9. The molecule has 1 fully saturated rings. The molecule has 4 heteroatoms. The zero-order valence-corrected chi connectivity index (χ0v) is 14.8. The Bertz CT molecular complexity index is 444. The molecule has 1 aliphatic heterocycles. The Morgan fingerprint density at radius 2 is 2.14 bits per heavy atom. The molecule has 1 N–H and O–H groups in total. The summed E-state index contributed by atoms with van der Waals surface area (Å²) in [4.78, 5) is 2.52.